The summed E-state index contributed by atoms with van der Waals surface area (Å²) >= 11 is 1.51. The second kappa shape index (κ2) is 7.97. The lowest BCUT2D eigenvalue weighted by Crippen LogP contribution is -2.12. The highest BCUT2D eigenvalue weighted by molar-refractivity contribution is 7.07. The lowest BCUT2D eigenvalue weighted by atomic mass is 10.0. The first-order valence-electron chi connectivity index (χ1n) is 8.60. The average molecular weight is 374 g/mol. The van der Waals surface area contributed by atoms with Crippen LogP contribution >= 0.6 is 11.3 Å². The average Bonchev–Trinajstić information content (AvgIpc) is 3.37. The molecular weight excluding hydrogens is 356 g/mol. The first-order valence-corrected chi connectivity index (χ1v) is 9.48. The van der Waals surface area contributed by atoms with Crippen molar-refractivity contribution in [3.8, 4) is 11.5 Å². The third kappa shape index (κ3) is 3.96. The van der Waals surface area contributed by atoms with Gasteiger partial charge < -0.3 is 4.42 Å². The van der Waals surface area contributed by atoms with Crippen LogP contribution < -0.4 is 4.80 Å². The van der Waals surface area contributed by atoms with Crippen molar-refractivity contribution in [2.24, 2.45) is 10.1 Å². The predicted octanol–water partition coefficient (Wildman–Crippen LogP) is 5.07. The molecule has 0 spiro atoms. The van der Waals surface area contributed by atoms with Gasteiger partial charge in [-0.2, -0.15) is 5.10 Å². The maximum absolute atomic E-state index is 5.57. The van der Waals surface area contributed by atoms with Gasteiger partial charge in [0.25, 0.3) is 0 Å². The number of pyridine rings is 1. The lowest BCUT2D eigenvalue weighted by molar-refractivity contribution is 0.575. The van der Waals surface area contributed by atoms with Crippen LogP contribution in [0.3, 0.4) is 0 Å². The topological polar surface area (TPSA) is 55.7 Å². The van der Waals surface area contributed by atoms with Gasteiger partial charge in [-0.25, -0.2) is 9.67 Å². The standard InChI is InChI=1S/C21H18N4OS/c1-16(17-7-3-2-4-8-17)13-23-25-19(20-10-6-12-26-20)15-27-21(25)24-18-9-5-11-22-14-18/h2-16H,1H3. The van der Waals surface area contributed by atoms with Crippen LogP contribution in [0.1, 0.15) is 18.4 Å². The molecule has 0 saturated heterocycles. The first-order chi connectivity index (χ1) is 13.3. The van der Waals surface area contributed by atoms with Gasteiger partial charge in [0.15, 0.2) is 5.76 Å². The SMILES string of the molecule is CC(C=Nn1c(-c2ccco2)csc1=Nc1cccnc1)c1ccccc1. The second-order valence-corrected chi connectivity index (χ2v) is 6.82. The number of thiazole rings is 1. The minimum absolute atomic E-state index is 0.175. The Morgan fingerprint density at radius 1 is 1.11 bits per heavy atom. The van der Waals surface area contributed by atoms with E-state index in [1.807, 2.05) is 58.7 Å². The molecule has 0 radical (unpaired) electrons. The van der Waals surface area contributed by atoms with Crippen LogP contribution in [0.4, 0.5) is 5.69 Å². The number of furan rings is 1. The van der Waals surface area contributed by atoms with Crippen LogP contribution in [0.15, 0.2) is 93.1 Å². The zero-order valence-corrected chi connectivity index (χ0v) is 15.6. The predicted molar refractivity (Wildman–Crippen MR) is 108 cm³/mol. The molecule has 134 valence electrons. The van der Waals surface area contributed by atoms with E-state index in [1.54, 1.807) is 18.7 Å². The molecule has 1 unspecified atom stereocenters. The molecular formula is C21H18N4OS. The molecule has 4 rings (SSSR count). The van der Waals surface area contributed by atoms with Gasteiger partial charge in [-0.1, -0.05) is 37.3 Å². The largest absolute Gasteiger partial charge is 0.463 e. The summed E-state index contributed by atoms with van der Waals surface area (Å²) < 4.78 is 7.39. The summed E-state index contributed by atoms with van der Waals surface area (Å²) in [6.45, 7) is 2.12. The molecule has 1 aromatic carbocycles. The van der Waals surface area contributed by atoms with E-state index in [4.69, 9.17) is 9.52 Å². The number of rotatable bonds is 5. The number of benzene rings is 1. The molecule has 0 bridgehead atoms. The zero-order chi connectivity index (χ0) is 18.5. The Bertz CT molecular complexity index is 1080. The van der Waals surface area contributed by atoms with Gasteiger partial charge in [0.05, 0.1) is 18.1 Å². The van der Waals surface area contributed by atoms with Crippen molar-refractivity contribution in [3.63, 3.8) is 0 Å². The quantitative estimate of drug-likeness (QED) is 0.458. The van der Waals surface area contributed by atoms with Crippen molar-refractivity contribution < 1.29 is 4.42 Å². The summed E-state index contributed by atoms with van der Waals surface area (Å²) in [6.07, 6.45) is 7.05. The van der Waals surface area contributed by atoms with E-state index < -0.39 is 0 Å². The maximum atomic E-state index is 5.57. The fraction of sp³-hybridized carbons (Fsp3) is 0.0952. The van der Waals surface area contributed by atoms with E-state index in [0.29, 0.717) is 0 Å². The molecule has 0 N–H and O–H groups in total. The van der Waals surface area contributed by atoms with Gasteiger partial charge in [-0.15, -0.1) is 11.3 Å². The van der Waals surface area contributed by atoms with Crippen LogP contribution in [0.2, 0.25) is 0 Å². The Hall–Kier alpha value is -3.25. The zero-order valence-electron chi connectivity index (χ0n) is 14.8. The molecule has 3 heterocycles. The van der Waals surface area contributed by atoms with Gasteiger partial charge in [-0.05, 0) is 29.8 Å². The summed E-state index contributed by atoms with van der Waals surface area (Å²) in [4.78, 5) is 9.57. The fourth-order valence-corrected chi connectivity index (χ4v) is 3.46. The molecule has 27 heavy (non-hydrogen) atoms. The Kier molecular flexibility index (Phi) is 5.07. The Balaban J connectivity index is 1.76. The maximum Gasteiger partial charge on any atom is 0.211 e. The highest BCUT2D eigenvalue weighted by atomic mass is 32.1. The van der Waals surface area contributed by atoms with Crippen LogP contribution in [0.5, 0.6) is 0 Å². The highest BCUT2D eigenvalue weighted by Crippen LogP contribution is 2.21. The monoisotopic (exact) mass is 374 g/mol. The third-order valence-corrected chi connectivity index (χ3v) is 4.88. The molecule has 0 saturated carbocycles. The van der Waals surface area contributed by atoms with Crippen molar-refractivity contribution in [2.75, 3.05) is 0 Å². The molecule has 0 fully saturated rings. The minimum Gasteiger partial charge on any atom is -0.463 e. The van der Waals surface area contributed by atoms with E-state index in [0.717, 1.165) is 21.9 Å². The van der Waals surface area contributed by atoms with E-state index in [9.17, 15) is 0 Å². The van der Waals surface area contributed by atoms with E-state index >= 15 is 0 Å². The number of hydrogen-bond acceptors (Lipinski definition) is 5. The molecule has 5 nitrogen and oxygen atoms in total. The van der Waals surface area contributed by atoms with Crippen LogP contribution in [-0.4, -0.2) is 15.9 Å². The number of hydrogen-bond donors (Lipinski definition) is 0. The van der Waals surface area contributed by atoms with Crippen LogP contribution in [0.25, 0.3) is 11.5 Å². The highest BCUT2D eigenvalue weighted by Gasteiger charge is 2.10. The molecule has 3 aromatic heterocycles. The Labute approximate surface area is 161 Å². The van der Waals surface area contributed by atoms with Gasteiger partial charge in [-0.3, -0.25) is 4.98 Å². The Morgan fingerprint density at radius 2 is 2.00 bits per heavy atom. The molecule has 1 atom stereocenters. The van der Waals surface area contributed by atoms with Crippen molar-refractivity contribution in [3.05, 3.63) is 89.0 Å². The smallest absolute Gasteiger partial charge is 0.211 e. The molecule has 0 aliphatic carbocycles. The molecule has 6 heteroatoms. The second-order valence-electron chi connectivity index (χ2n) is 5.98. The van der Waals surface area contributed by atoms with Gasteiger partial charge in [0.1, 0.15) is 5.69 Å². The van der Waals surface area contributed by atoms with E-state index in [-0.39, 0.29) is 5.92 Å². The van der Waals surface area contributed by atoms with Gasteiger partial charge >= 0.3 is 0 Å². The number of nitrogens with zero attached hydrogens (tertiary/aromatic N) is 4. The summed E-state index contributed by atoms with van der Waals surface area (Å²) in [5.41, 5.74) is 2.86. The normalized spacial score (nSPS) is 13.3. The summed E-state index contributed by atoms with van der Waals surface area (Å²) in [7, 11) is 0. The Morgan fingerprint density at radius 3 is 2.74 bits per heavy atom. The summed E-state index contributed by atoms with van der Waals surface area (Å²) in [5.74, 6) is 0.928. The van der Waals surface area contributed by atoms with Crippen LogP contribution in [-0.2, 0) is 0 Å². The van der Waals surface area contributed by atoms with Crippen molar-refractivity contribution >= 4 is 23.2 Å². The van der Waals surface area contributed by atoms with Crippen molar-refractivity contribution in [2.45, 2.75) is 12.8 Å². The minimum atomic E-state index is 0.175. The number of aromatic nitrogens is 2. The summed E-state index contributed by atoms with van der Waals surface area (Å²) in [5, 5.41) is 6.72. The van der Waals surface area contributed by atoms with E-state index in [2.05, 4.69) is 29.0 Å². The molecule has 0 aliphatic rings. The first kappa shape index (κ1) is 17.2. The molecule has 0 aliphatic heterocycles. The fourth-order valence-electron chi connectivity index (χ4n) is 2.62. The molecule has 4 aromatic rings. The summed E-state index contributed by atoms with van der Waals surface area (Å²) in [6, 6.07) is 17.9. The van der Waals surface area contributed by atoms with Gasteiger partial charge in [0.2, 0.25) is 4.80 Å². The van der Waals surface area contributed by atoms with Crippen LogP contribution in [0, 0.1) is 0 Å². The third-order valence-electron chi connectivity index (χ3n) is 4.06. The van der Waals surface area contributed by atoms with Gasteiger partial charge in [0, 0.05) is 23.7 Å². The lowest BCUT2D eigenvalue weighted by Gasteiger charge is -2.06. The molecule has 0 amide bonds. The van der Waals surface area contributed by atoms with Crippen molar-refractivity contribution in [1.82, 2.24) is 9.66 Å². The van der Waals surface area contributed by atoms with E-state index in [1.165, 1.54) is 16.9 Å². The van der Waals surface area contributed by atoms with Crippen molar-refractivity contribution in [1.29, 1.82) is 0 Å².